The summed E-state index contributed by atoms with van der Waals surface area (Å²) in [5, 5.41) is 9.54. The van der Waals surface area contributed by atoms with Crippen LogP contribution in [-0.2, 0) is 4.65 Å². The van der Waals surface area contributed by atoms with E-state index in [-0.39, 0.29) is 6.10 Å². The number of ether oxygens (including phenoxy) is 2. The first-order chi connectivity index (χ1) is 12.7. The summed E-state index contributed by atoms with van der Waals surface area (Å²) in [7, 11) is 0.885. The van der Waals surface area contributed by atoms with Gasteiger partial charge in [-0.2, -0.15) is 0 Å². The first-order valence-electron chi connectivity index (χ1n) is 9.08. The topological polar surface area (TPSA) is 60.8 Å². The minimum atomic E-state index is -0.775. The molecule has 1 N–H and O–H groups in total. The van der Waals surface area contributed by atoms with E-state index < -0.39 is 7.12 Å². The number of aromatic nitrogens is 1. The van der Waals surface area contributed by atoms with Gasteiger partial charge in [0.15, 0.2) is 11.5 Å². The Morgan fingerprint density at radius 2 is 1.92 bits per heavy atom. The van der Waals surface area contributed by atoms with E-state index in [0.29, 0.717) is 6.32 Å². The van der Waals surface area contributed by atoms with E-state index in [0.717, 1.165) is 46.9 Å². The highest BCUT2D eigenvalue weighted by atomic mass is 16.5. The number of methoxy groups -OCH3 is 1. The molecule has 0 amide bonds. The second-order valence-corrected chi connectivity index (χ2v) is 6.74. The fourth-order valence-corrected chi connectivity index (χ4v) is 3.50. The predicted octanol–water partition coefficient (Wildman–Crippen LogP) is 3.93. The molecular weight excluding hydrogens is 329 g/mol. The standard InChI is InChI=1S/C20H22BNO4/c1-24-19-10-9-14(11-20(19)26-16-5-2-3-6-16)17-7-4-8-18(22-17)15-12-21(23)25-13-15/h4,7-11,13,16,23H,2-3,5-6,12H2,1H3. The second-order valence-electron chi connectivity index (χ2n) is 6.74. The Morgan fingerprint density at radius 1 is 1.12 bits per heavy atom. The van der Waals surface area contributed by atoms with Gasteiger partial charge < -0.3 is 19.2 Å². The average molecular weight is 351 g/mol. The second kappa shape index (κ2) is 7.42. The van der Waals surface area contributed by atoms with E-state index in [2.05, 4.69) is 0 Å². The molecule has 0 atom stereocenters. The molecule has 1 aliphatic carbocycles. The molecule has 2 aliphatic rings. The van der Waals surface area contributed by atoms with Gasteiger partial charge in [0.25, 0.3) is 0 Å². The zero-order valence-corrected chi connectivity index (χ0v) is 14.9. The molecule has 26 heavy (non-hydrogen) atoms. The van der Waals surface area contributed by atoms with E-state index in [1.807, 2.05) is 36.4 Å². The largest absolute Gasteiger partial charge is 0.541 e. The number of allylic oxidation sites excluding steroid dienone is 1. The van der Waals surface area contributed by atoms with Crippen molar-refractivity contribution in [1.29, 1.82) is 0 Å². The Hall–Kier alpha value is -2.47. The summed E-state index contributed by atoms with van der Waals surface area (Å²) in [5.74, 6) is 1.51. The lowest BCUT2D eigenvalue weighted by Crippen LogP contribution is -2.11. The van der Waals surface area contributed by atoms with Crippen LogP contribution in [0.4, 0.5) is 0 Å². The molecule has 2 heterocycles. The third-order valence-electron chi connectivity index (χ3n) is 4.90. The van der Waals surface area contributed by atoms with Crippen LogP contribution in [0.1, 0.15) is 31.4 Å². The maximum absolute atomic E-state index is 9.54. The van der Waals surface area contributed by atoms with Crippen LogP contribution in [0, 0.1) is 0 Å². The lowest BCUT2D eigenvalue weighted by Gasteiger charge is -2.17. The van der Waals surface area contributed by atoms with Crippen molar-refractivity contribution < 1.29 is 19.2 Å². The van der Waals surface area contributed by atoms with Gasteiger partial charge in [0.2, 0.25) is 0 Å². The van der Waals surface area contributed by atoms with Crippen molar-refractivity contribution >= 4 is 12.7 Å². The molecule has 4 rings (SSSR count). The summed E-state index contributed by atoms with van der Waals surface area (Å²) in [5.41, 5.74) is 3.54. The number of hydrogen-bond acceptors (Lipinski definition) is 5. The summed E-state index contributed by atoms with van der Waals surface area (Å²) in [4.78, 5) is 4.73. The maximum atomic E-state index is 9.54. The van der Waals surface area contributed by atoms with E-state index in [1.54, 1.807) is 13.4 Å². The molecule has 1 saturated carbocycles. The first kappa shape index (κ1) is 17.0. The Morgan fingerprint density at radius 3 is 2.65 bits per heavy atom. The number of hydrogen-bond donors (Lipinski definition) is 1. The molecule has 1 aliphatic heterocycles. The molecule has 2 aromatic rings. The molecule has 134 valence electrons. The molecule has 5 nitrogen and oxygen atoms in total. The van der Waals surface area contributed by atoms with Gasteiger partial charge in [-0.15, -0.1) is 0 Å². The average Bonchev–Trinajstić information content (AvgIpc) is 3.33. The summed E-state index contributed by atoms with van der Waals surface area (Å²) < 4.78 is 16.8. The van der Waals surface area contributed by atoms with Crippen LogP contribution in [0.15, 0.2) is 42.7 Å². The lowest BCUT2D eigenvalue weighted by atomic mass is 9.83. The Bertz CT molecular complexity index is 817. The van der Waals surface area contributed by atoms with Crippen molar-refractivity contribution in [3.05, 3.63) is 48.4 Å². The highest BCUT2D eigenvalue weighted by Crippen LogP contribution is 2.35. The normalized spacial score (nSPS) is 17.2. The molecule has 1 aromatic heterocycles. The fraction of sp³-hybridized carbons (Fsp3) is 0.350. The molecule has 0 radical (unpaired) electrons. The van der Waals surface area contributed by atoms with Crippen molar-refractivity contribution in [3.8, 4) is 22.8 Å². The SMILES string of the molecule is COc1ccc(-c2cccc(C3=COB(O)C3)n2)cc1OC1CCCC1. The molecule has 1 fully saturated rings. The van der Waals surface area contributed by atoms with Crippen molar-refractivity contribution in [2.45, 2.75) is 38.1 Å². The molecule has 0 unspecified atom stereocenters. The van der Waals surface area contributed by atoms with Gasteiger partial charge in [-0.05, 0) is 56.0 Å². The predicted molar refractivity (Wildman–Crippen MR) is 101 cm³/mol. The van der Waals surface area contributed by atoms with E-state index in [4.69, 9.17) is 19.1 Å². The van der Waals surface area contributed by atoms with Gasteiger partial charge in [0, 0.05) is 17.5 Å². The van der Waals surface area contributed by atoms with Crippen molar-refractivity contribution in [3.63, 3.8) is 0 Å². The molecule has 1 aromatic carbocycles. The van der Waals surface area contributed by atoms with Crippen LogP contribution in [0.5, 0.6) is 11.5 Å². The smallest absolute Gasteiger partial charge is 0.527 e. The summed E-state index contributed by atoms with van der Waals surface area (Å²) >= 11 is 0. The summed E-state index contributed by atoms with van der Waals surface area (Å²) in [6.07, 6.45) is 6.93. The van der Waals surface area contributed by atoms with Crippen LogP contribution in [0.25, 0.3) is 16.8 Å². The van der Waals surface area contributed by atoms with Crippen LogP contribution < -0.4 is 9.47 Å². The van der Waals surface area contributed by atoms with Crippen LogP contribution in [0.3, 0.4) is 0 Å². The van der Waals surface area contributed by atoms with Gasteiger partial charge in [0.05, 0.1) is 30.9 Å². The monoisotopic (exact) mass is 351 g/mol. The maximum Gasteiger partial charge on any atom is 0.527 e. The zero-order valence-electron chi connectivity index (χ0n) is 14.9. The third kappa shape index (κ3) is 3.56. The summed E-state index contributed by atoms with van der Waals surface area (Å²) in [6, 6.07) is 11.8. The number of benzene rings is 1. The van der Waals surface area contributed by atoms with E-state index >= 15 is 0 Å². The number of nitrogens with zero attached hydrogens (tertiary/aromatic N) is 1. The first-order valence-corrected chi connectivity index (χ1v) is 9.08. The lowest BCUT2D eigenvalue weighted by molar-refractivity contribution is 0.201. The molecule has 6 heteroatoms. The Balaban J connectivity index is 1.63. The number of rotatable bonds is 5. The molecule has 0 bridgehead atoms. The van der Waals surface area contributed by atoms with Crippen molar-refractivity contribution in [2.24, 2.45) is 0 Å². The van der Waals surface area contributed by atoms with Gasteiger partial charge in [0.1, 0.15) is 0 Å². The van der Waals surface area contributed by atoms with Gasteiger partial charge >= 0.3 is 7.12 Å². The minimum absolute atomic E-state index is 0.265. The van der Waals surface area contributed by atoms with Gasteiger partial charge in [-0.3, -0.25) is 0 Å². The van der Waals surface area contributed by atoms with Crippen LogP contribution >= 0.6 is 0 Å². The van der Waals surface area contributed by atoms with Crippen LogP contribution in [0.2, 0.25) is 6.32 Å². The van der Waals surface area contributed by atoms with Crippen molar-refractivity contribution in [2.75, 3.05) is 7.11 Å². The highest BCUT2D eigenvalue weighted by Gasteiger charge is 2.24. The molecule has 0 spiro atoms. The minimum Gasteiger partial charge on any atom is -0.541 e. The summed E-state index contributed by atoms with van der Waals surface area (Å²) in [6.45, 7) is 0. The van der Waals surface area contributed by atoms with E-state index in [1.165, 1.54) is 12.8 Å². The van der Waals surface area contributed by atoms with Crippen molar-refractivity contribution in [1.82, 2.24) is 4.98 Å². The third-order valence-corrected chi connectivity index (χ3v) is 4.90. The quantitative estimate of drug-likeness (QED) is 0.827. The fourth-order valence-electron chi connectivity index (χ4n) is 3.50. The molecule has 0 saturated heterocycles. The van der Waals surface area contributed by atoms with E-state index in [9.17, 15) is 5.02 Å². The molecular formula is C20H22BNO4. The zero-order chi connectivity index (χ0) is 17.9. The van der Waals surface area contributed by atoms with Gasteiger partial charge in [-0.25, -0.2) is 4.98 Å². The Labute approximate surface area is 153 Å². The van der Waals surface area contributed by atoms with Gasteiger partial charge in [-0.1, -0.05) is 6.07 Å². The number of pyridine rings is 1. The van der Waals surface area contributed by atoms with Crippen LogP contribution in [-0.4, -0.2) is 30.3 Å². The highest BCUT2D eigenvalue weighted by molar-refractivity contribution is 6.47. The Kier molecular flexibility index (Phi) is 4.84.